The van der Waals surface area contributed by atoms with Crippen molar-refractivity contribution in [1.29, 1.82) is 0 Å². The van der Waals surface area contributed by atoms with Gasteiger partial charge >= 0.3 is 5.97 Å². The van der Waals surface area contributed by atoms with Crippen molar-refractivity contribution < 1.29 is 14.3 Å². The molecule has 21 heavy (non-hydrogen) atoms. The van der Waals surface area contributed by atoms with E-state index >= 15 is 0 Å². The zero-order chi connectivity index (χ0) is 15.2. The number of likely N-dealkylation sites (tertiary alicyclic amines) is 1. The average molecular weight is 308 g/mol. The van der Waals surface area contributed by atoms with E-state index < -0.39 is 6.04 Å². The monoisotopic (exact) mass is 307 g/mol. The molecule has 0 unspecified atom stereocenters. The van der Waals surface area contributed by atoms with Crippen LogP contribution in [0.2, 0.25) is 5.02 Å². The van der Waals surface area contributed by atoms with Gasteiger partial charge in [-0.25, -0.2) is 4.79 Å². The van der Waals surface area contributed by atoms with Crippen molar-refractivity contribution in [2.24, 2.45) is 0 Å². The van der Waals surface area contributed by atoms with E-state index in [0.29, 0.717) is 18.0 Å². The minimum Gasteiger partial charge on any atom is -0.467 e. The molecule has 1 aliphatic heterocycles. The van der Waals surface area contributed by atoms with Gasteiger partial charge in [-0.1, -0.05) is 29.8 Å². The molecular formula is C16H18ClNO3. The summed E-state index contributed by atoms with van der Waals surface area (Å²) in [5.74, 6) is -0.542. The number of amides is 1. The number of hydrogen-bond donors (Lipinski definition) is 0. The molecule has 0 aliphatic carbocycles. The van der Waals surface area contributed by atoms with Crippen LogP contribution in [0, 0.1) is 0 Å². The van der Waals surface area contributed by atoms with Crippen LogP contribution < -0.4 is 0 Å². The fraction of sp³-hybridized carbons (Fsp3) is 0.375. The Labute approximate surface area is 129 Å². The number of esters is 1. The minimum absolute atomic E-state index is 0.190. The first-order chi connectivity index (χ1) is 10.1. The molecule has 4 nitrogen and oxygen atoms in total. The van der Waals surface area contributed by atoms with Crippen LogP contribution in [0.25, 0.3) is 6.08 Å². The maximum absolute atomic E-state index is 12.3. The van der Waals surface area contributed by atoms with Gasteiger partial charge in [0.15, 0.2) is 0 Å². The molecule has 0 spiro atoms. The van der Waals surface area contributed by atoms with Gasteiger partial charge in [-0.15, -0.1) is 0 Å². The Morgan fingerprint density at radius 2 is 2.10 bits per heavy atom. The van der Waals surface area contributed by atoms with Crippen LogP contribution in [0.5, 0.6) is 0 Å². The van der Waals surface area contributed by atoms with Crippen molar-refractivity contribution in [2.75, 3.05) is 13.7 Å². The molecule has 1 atom stereocenters. The highest BCUT2D eigenvalue weighted by atomic mass is 35.5. The van der Waals surface area contributed by atoms with Crippen molar-refractivity contribution >= 4 is 29.6 Å². The molecule has 1 saturated heterocycles. The number of nitrogens with zero attached hydrogens (tertiary/aromatic N) is 1. The highest BCUT2D eigenvalue weighted by molar-refractivity contribution is 6.32. The summed E-state index contributed by atoms with van der Waals surface area (Å²) >= 11 is 6.04. The lowest BCUT2D eigenvalue weighted by atomic mass is 10.0. The minimum atomic E-state index is -0.479. The molecule has 1 aliphatic rings. The molecule has 112 valence electrons. The molecule has 1 aromatic rings. The highest BCUT2D eigenvalue weighted by Crippen LogP contribution is 2.20. The number of ether oxygens (including phenoxy) is 1. The first-order valence-electron chi connectivity index (χ1n) is 6.94. The summed E-state index contributed by atoms with van der Waals surface area (Å²) in [7, 11) is 1.35. The Morgan fingerprint density at radius 1 is 1.33 bits per heavy atom. The van der Waals surface area contributed by atoms with Crippen LogP contribution in [0.4, 0.5) is 0 Å². The van der Waals surface area contributed by atoms with Gasteiger partial charge in [0.2, 0.25) is 5.91 Å². The van der Waals surface area contributed by atoms with Gasteiger partial charge < -0.3 is 9.64 Å². The molecule has 0 bridgehead atoms. The summed E-state index contributed by atoms with van der Waals surface area (Å²) in [5.41, 5.74) is 0.777. The second kappa shape index (κ2) is 7.27. The van der Waals surface area contributed by atoms with Gasteiger partial charge in [0, 0.05) is 17.6 Å². The largest absolute Gasteiger partial charge is 0.467 e. The maximum atomic E-state index is 12.3. The lowest BCUT2D eigenvalue weighted by Gasteiger charge is -2.32. The van der Waals surface area contributed by atoms with Crippen LogP contribution in [-0.4, -0.2) is 36.5 Å². The number of hydrogen-bond acceptors (Lipinski definition) is 3. The lowest BCUT2D eigenvalue weighted by molar-refractivity contribution is -0.153. The highest BCUT2D eigenvalue weighted by Gasteiger charge is 2.31. The van der Waals surface area contributed by atoms with Gasteiger partial charge in [0.1, 0.15) is 6.04 Å². The Balaban J connectivity index is 2.11. The summed E-state index contributed by atoms with van der Waals surface area (Å²) in [4.78, 5) is 25.6. The molecular weight excluding hydrogens is 290 g/mol. The summed E-state index contributed by atoms with van der Waals surface area (Å²) in [6.07, 6.45) is 5.62. The van der Waals surface area contributed by atoms with E-state index in [1.54, 1.807) is 17.0 Å². The molecule has 5 heteroatoms. The summed E-state index contributed by atoms with van der Waals surface area (Å²) in [6.45, 7) is 0.575. The van der Waals surface area contributed by atoms with Crippen molar-refractivity contribution in [3.05, 3.63) is 40.9 Å². The van der Waals surface area contributed by atoms with Crippen LogP contribution in [0.1, 0.15) is 24.8 Å². The van der Waals surface area contributed by atoms with Gasteiger partial charge in [-0.3, -0.25) is 4.79 Å². The lowest BCUT2D eigenvalue weighted by Crippen LogP contribution is -2.47. The molecule has 1 aromatic carbocycles. The zero-order valence-electron chi connectivity index (χ0n) is 11.9. The molecule has 1 amide bonds. The standard InChI is InChI=1S/C16H18ClNO3/c1-21-16(20)14-8-4-5-11-18(14)15(19)10-9-12-6-2-3-7-13(12)17/h2-3,6-7,9-10,14H,4-5,8,11H2,1H3/b10-9+/t14-/m1/s1. The van der Waals surface area contributed by atoms with Gasteiger partial charge in [-0.05, 0) is 37.0 Å². The molecule has 0 aromatic heterocycles. The Morgan fingerprint density at radius 3 is 2.81 bits per heavy atom. The van der Waals surface area contributed by atoms with Gasteiger partial charge in [0.25, 0.3) is 0 Å². The summed E-state index contributed by atoms with van der Waals surface area (Å²) in [6, 6.07) is 6.81. The molecule has 0 saturated carbocycles. The first-order valence-corrected chi connectivity index (χ1v) is 7.32. The average Bonchev–Trinajstić information content (AvgIpc) is 2.53. The van der Waals surface area contributed by atoms with E-state index in [1.807, 2.05) is 18.2 Å². The number of carbonyl (C=O) groups excluding carboxylic acids is 2. The molecule has 0 N–H and O–H groups in total. The predicted octanol–water partition coefficient (Wildman–Crippen LogP) is 2.91. The third kappa shape index (κ3) is 3.85. The second-order valence-corrected chi connectivity index (χ2v) is 5.33. The number of piperidine rings is 1. The predicted molar refractivity (Wildman–Crippen MR) is 81.9 cm³/mol. The topological polar surface area (TPSA) is 46.6 Å². The number of halogens is 1. The van der Waals surface area contributed by atoms with Crippen molar-refractivity contribution in [2.45, 2.75) is 25.3 Å². The van der Waals surface area contributed by atoms with Crippen molar-refractivity contribution in [3.63, 3.8) is 0 Å². The summed E-state index contributed by atoms with van der Waals surface area (Å²) in [5, 5.41) is 0.588. The third-order valence-electron chi connectivity index (χ3n) is 3.57. The SMILES string of the molecule is COC(=O)[C@H]1CCCCN1C(=O)/C=C/c1ccccc1Cl. The number of methoxy groups -OCH3 is 1. The molecule has 1 heterocycles. The summed E-state index contributed by atoms with van der Waals surface area (Å²) < 4.78 is 4.77. The van der Waals surface area contributed by atoms with Crippen molar-refractivity contribution in [1.82, 2.24) is 4.90 Å². The van der Waals surface area contributed by atoms with E-state index in [4.69, 9.17) is 16.3 Å². The van der Waals surface area contributed by atoms with Crippen molar-refractivity contribution in [3.8, 4) is 0 Å². The normalized spacial score (nSPS) is 18.8. The molecule has 0 radical (unpaired) electrons. The number of benzene rings is 1. The molecule has 1 fully saturated rings. The second-order valence-electron chi connectivity index (χ2n) is 4.92. The van der Waals surface area contributed by atoms with Crippen LogP contribution in [0.3, 0.4) is 0 Å². The fourth-order valence-electron chi connectivity index (χ4n) is 2.44. The Bertz CT molecular complexity index is 556. The number of carbonyl (C=O) groups is 2. The smallest absolute Gasteiger partial charge is 0.328 e. The fourth-order valence-corrected chi connectivity index (χ4v) is 2.64. The zero-order valence-corrected chi connectivity index (χ0v) is 12.7. The Hall–Kier alpha value is -1.81. The maximum Gasteiger partial charge on any atom is 0.328 e. The van der Waals surface area contributed by atoms with Crippen LogP contribution >= 0.6 is 11.6 Å². The quantitative estimate of drug-likeness (QED) is 0.637. The van der Waals surface area contributed by atoms with E-state index in [1.165, 1.54) is 13.2 Å². The van der Waals surface area contributed by atoms with E-state index in [0.717, 1.165) is 18.4 Å². The third-order valence-corrected chi connectivity index (χ3v) is 3.91. The van der Waals surface area contributed by atoms with E-state index in [9.17, 15) is 9.59 Å². The van der Waals surface area contributed by atoms with Gasteiger partial charge in [0.05, 0.1) is 7.11 Å². The van der Waals surface area contributed by atoms with Gasteiger partial charge in [-0.2, -0.15) is 0 Å². The van der Waals surface area contributed by atoms with Crippen LogP contribution in [0.15, 0.2) is 30.3 Å². The Kier molecular flexibility index (Phi) is 5.39. The first kappa shape index (κ1) is 15.6. The molecule has 2 rings (SSSR count). The van der Waals surface area contributed by atoms with E-state index in [-0.39, 0.29) is 11.9 Å². The van der Waals surface area contributed by atoms with E-state index in [2.05, 4.69) is 0 Å². The number of rotatable bonds is 3. The van der Waals surface area contributed by atoms with Crippen LogP contribution in [-0.2, 0) is 14.3 Å².